The third-order valence-electron chi connectivity index (χ3n) is 7.01. The second-order valence-electron chi connectivity index (χ2n) is 9.27. The van der Waals surface area contributed by atoms with E-state index >= 15 is 0 Å². The van der Waals surface area contributed by atoms with Crippen molar-refractivity contribution in [3.05, 3.63) is 120 Å². The van der Waals surface area contributed by atoms with Gasteiger partial charge in [0.25, 0.3) is 0 Å². The normalized spacial score (nSPS) is 15.9. The van der Waals surface area contributed by atoms with Gasteiger partial charge in [-0.1, -0.05) is 96.6 Å². The number of rotatable bonds is 3. The third kappa shape index (κ3) is 3.22. The number of benzene rings is 4. The first kappa shape index (κ1) is 20.0. The number of H-pyrrole nitrogens is 1. The molecule has 4 nitrogen and oxygen atoms in total. The summed E-state index contributed by atoms with van der Waals surface area (Å²) in [6, 6.07) is 36.3. The molecule has 4 aromatic carbocycles. The SMILES string of the molecule is Cc1ccc2[nH]c3nc(N4N=C(c5ccccc5)CC4c4ccccc4)c4ccccc4c3c2c1. The predicted molar refractivity (Wildman–Crippen MR) is 145 cm³/mol. The summed E-state index contributed by atoms with van der Waals surface area (Å²) in [5.41, 5.74) is 6.72. The lowest BCUT2D eigenvalue weighted by Crippen LogP contribution is -2.20. The van der Waals surface area contributed by atoms with Crippen LogP contribution in [0.25, 0.3) is 32.7 Å². The van der Waals surface area contributed by atoms with Gasteiger partial charge in [0.2, 0.25) is 0 Å². The first-order chi connectivity index (χ1) is 17.3. The first-order valence-electron chi connectivity index (χ1n) is 12.0. The molecule has 1 N–H and O–H groups in total. The zero-order chi connectivity index (χ0) is 23.4. The van der Waals surface area contributed by atoms with Crippen molar-refractivity contribution in [2.24, 2.45) is 5.10 Å². The Morgan fingerprint density at radius 3 is 2.29 bits per heavy atom. The van der Waals surface area contributed by atoms with Crippen molar-refractivity contribution < 1.29 is 0 Å². The van der Waals surface area contributed by atoms with E-state index < -0.39 is 0 Å². The smallest absolute Gasteiger partial charge is 0.159 e. The highest BCUT2D eigenvalue weighted by atomic mass is 15.5. The summed E-state index contributed by atoms with van der Waals surface area (Å²) in [5, 5.41) is 12.0. The maximum atomic E-state index is 5.22. The number of fused-ring (bicyclic) bond motifs is 5. The molecule has 0 amide bonds. The van der Waals surface area contributed by atoms with Crippen LogP contribution in [0.3, 0.4) is 0 Å². The number of nitrogens with zero attached hydrogens (tertiary/aromatic N) is 3. The fourth-order valence-electron chi connectivity index (χ4n) is 5.33. The Bertz CT molecular complexity index is 1730. The van der Waals surface area contributed by atoms with Gasteiger partial charge in [0, 0.05) is 28.1 Å². The molecule has 35 heavy (non-hydrogen) atoms. The summed E-state index contributed by atoms with van der Waals surface area (Å²) in [4.78, 5) is 8.79. The van der Waals surface area contributed by atoms with Crippen LogP contribution in [-0.2, 0) is 0 Å². The largest absolute Gasteiger partial charge is 0.339 e. The van der Waals surface area contributed by atoms with E-state index in [1.54, 1.807) is 0 Å². The Morgan fingerprint density at radius 2 is 1.49 bits per heavy atom. The van der Waals surface area contributed by atoms with E-state index in [1.165, 1.54) is 27.3 Å². The van der Waals surface area contributed by atoms with Gasteiger partial charge >= 0.3 is 0 Å². The van der Waals surface area contributed by atoms with E-state index in [2.05, 4.69) is 114 Å². The second-order valence-corrected chi connectivity index (χ2v) is 9.27. The van der Waals surface area contributed by atoms with E-state index in [4.69, 9.17) is 10.1 Å². The van der Waals surface area contributed by atoms with Crippen molar-refractivity contribution in [2.75, 3.05) is 5.01 Å². The summed E-state index contributed by atoms with van der Waals surface area (Å²) >= 11 is 0. The molecule has 1 unspecified atom stereocenters. The van der Waals surface area contributed by atoms with Gasteiger partial charge in [-0.25, -0.2) is 9.99 Å². The van der Waals surface area contributed by atoms with E-state index in [-0.39, 0.29) is 6.04 Å². The quantitative estimate of drug-likeness (QED) is 0.301. The van der Waals surface area contributed by atoms with Crippen LogP contribution in [0.5, 0.6) is 0 Å². The number of nitrogens with one attached hydrogen (secondary N) is 1. The molecule has 1 atom stereocenters. The molecule has 0 saturated carbocycles. The Labute approximate surface area is 203 Å². The van der Waals surface area contributed by atoms with Gasteiger partial charge in [-0.3, -0.25) is 0 Å². The van der Waals surface area contributed by atoms with Crippen LogP contribution in [0.2, 0.25) is 0 Å². The van der Waals surface area contributed by atoms with Crippen molar-refractivity contribution in [3.63, 3.8) is 0 Å². The van der Waals surface area contributed by atoms with Crippen LogP contribution in [0.1, 0.15) is 29.2 Å². The fraction of sp³-hybridized carbons (Fsp3) is 0.0968. The Hall–Kier alpha value is -4.44. The van der Waals surface area contributed by atoms with E-state index in [9.17, 15) is 0 Å². The monoisotopic (exact) mass is 452 g/mol. The highest BCUT2D eigenvalue weighted by Crippen LogP contribution is 2.42. The molecule has 3 heterocycles. The molecule has 2 aromatic heterocycles. The van der Waals surface area contributed by atoms with E-state index in [0.717, 1.165) is 40.1 Å². The van der Waals surface area contributed by atoms with Crippen LogP contribution >= 0.6 is 0 Å². The average Bonchev–Trinajstić information content (AvgIpc) is 3.51. The number of aromatic nitrogens is 2. The summed E-state index contributed by atoms with van der Waals surface area (Å²) in [7, 11) is 0. The van der Waals surface area contributed by atoms with Gasteiger partial charge in [0.1, 0.15) is 5.65 Å². The summed E-state index contributed by atoms with van der Waals surface area (Å²) < 4.78 is 0. The highest BCUT2D eigenvalue weighted by Gasteiger charge is 2.32. The standard InChI is InChI=1S/C31H24N4/c1-20-16-17-26-25(18-20)29-23-14-8-9-15-24(23)31(33-30(29)32-26)35-28(22-12-6-3-7-13-22)19-27(34-35)21-10-4-2-5-11-21/h2-18,28H,19H2,1H3,(H,32,33). The lowest BCUT2D eigenvalue weighted by molar-refractivity contribution is 0.703. The molecule has 4 heteroatoms. The van der Waals surface area contributed by atoms with E-state index in [0.29, 0.717) is 0 Å². The second kappa shape index (κ2) is 7.81. The minimum atomic E-state index is 0.0754. The third-order valence-corrected chi connectivity index (χ3v) is 7.01. The van der Waals surface area contributed by atoms with Crippen molar-refractivity contribution in [3.8, 4) is 0 Å². The molecule has 168 valence electrons. The molecule has 1 aliphatic heterocycles. The van der Waals surface area contributed by atoms with Gasteiger partial charge in [0.05, 0.1) is 11.8 Å². The first-order valence-corrected chi connectivity index (χ1v) is 12.0. The van der Waals surface area contributed by atoms with Gasteiger partial charge in [0.15, 0.2) is 5.82 Å². The molecule has 0 bridgehead atoms. The molecule has 6 aromatic rings. The highest BCUT2D eigenvalue weighted by molar-refractivity contribution is 6.21. The summed E-state index contributed by atoms with van der Waals surface area (Å²) in [5.74, 6) is 0.885. The number of pyridine rings is 1. The minimum Gasteiger partial charge on any atom is -0.339 e. The number of aromatic amines is 1. The lowest BCUT2D eigenvalue weighted by atomic mass is 9.98. The molecule has 0 aliphatic carbocycles. The Kier molecular flexibility index (Phi) is 4.46. The molecule has 1 aliphatic rings. The molecular weight excluding hydrogens is 428 g/mol. The lowest BCUT2D eigenvalue weighted by Gasteiger charge is -2.24. The van der Waals surface area contributed by atoms with Crippen LogP contribution in [-0.4, -0.2) is 15.7 Å². The maximum Gasteiger partial charge on any atom is 0.159 e. The van der Waals surface area contributed by atoms with Crippen molar-refractivity contribution in [1.82, 2.24) is 9.97 Å². The molecule has 0 fully saturated rings. The fourth-order valence-corrected chi connectivity index (χ4v) is 5.33. The Morgan fingerprint density at radius 1 is 0.771 bits per heavy atom. The van der Waals surface area contributed by atoms with E-state index in [1.807, 2.05) is 6.07 Å². The Balaban J connectivity index is 1.50. The van der Waals surface area contributed by atoms with Crippen LogP contribution in [0, 0.1) is 6.92 Å². The number of hydrogen-bond acceptors (Lipinski definition) is 3. The molecule has 0 radical (unpaired) electrons. The predicted octanol–water partition coefficient (Wildman–Crippen LogP) is 7.53. The van der Waals surface area contributed by atoms with Crippen LogP contribution in [0.15, 0.2) is 108 Å². The average molecular weight is 453 g/mol. The van der Waals surface area contributed by atoms with Crippen LogP contribution in [0.4, 0.5) is 5.82 Å². The summed E-state index contributed by atoms with van der Waals surface area (Å²) in [6.07, 6.45) is 0.827. The maximum absolute atomic E-state index is 5.22. The number of hydrazone groups is 1. The van der Waals surface area contributed by atoms with Gasteiger partial charge in [-0.15, -0.1) is 0 Å². The van der Waals surface area contributed by atoms with Gasteiger partial charge < -0.3 is 4.98 Å². The molecular formula is C31H24N4. The molecule has 7 rings (SSSR count). The number of anilines is 1. The number of aryl methyl sites for hydroxylation is 1. The molecule has 0 spiro atoms. The van der Waals surface area contributed by atoms with Gasteiger partial charge in [-0.2, -0.15) is 5.10 Å². The topological polar surface area (TPSA) is 44.3 Å². The van der Waals surface area contributed by atoms with Crippen molar-refractivity contribution in [1.29, 1.82) is 0 Å². The van der Waals surface area contributed by atoms with Gasteiger partial charge in [-0.05, 0) is 35.6 Å². The molecule has 0 saturated heterocycles. The zero-order valence-electron chi connectivity index (χ0n) is 19.4. The van der Waals surface area contributed by atoms with Crippen LogP contribution < -0.4 is 5.01 Å². The summed E-state index contributed by atoms with van der Waals surface area (Å²) in [6.45, 7) is 2.14. The minimum absolute atomic E-state index is 0.0754. The zero-order valence-corrected chi connectivity index (χ0v) is 19.4. The van der Waals surface area contributed by atoms with Crippen molar-refractivity contribution >= 4 is 44.2 Å². The van der Waals surface area contributed by atoms with Crippen molar-refractivity contribution in [2.45, 2.75) is 19.4 Å². The number of hydrogen-bond donors (Lipinski definition) is 1.